The van der Waals surface area contributed by atoms with Crippen molar-refractivity contribution in [3.05, 3.63) is 65.0 Å². The molecule has 0 bridgehead atoms. The Kier molecular flexibility index (Phi) is 5.82. The minimum Gasteiger partial charge on any atom is -0.381 e. The van der Waals surface area contributed by atoms with Crippen molar-refractivity contribution in [1.82, 2.24) is 4.31 Å². The van der Waals surface area contributed by atoms with E-state index >= 15 is 0 Å². The van der Waals surface area contributed by atoms with Gasteiger partial charge in [-0.15, -0.1) is 0 Å². The van der Waals surface area contributed by atoms with Crippen molar-refractivity contribution >= 4 is 16.9 Å². The molecular weight excluding hydrogens is 371 g/mol. The maximum Gasteiger partial charge on any atom is 0.141 e. The topological polar surface area (TPSA) is 36.3 Å². The quantitative estimate of drug-likeness (QED) is 0.662. The van der Waals surface area contributed by atoms with E-state index in [2.05, 4.69) is 35.6 Å². The maximum atomic E-state index is 14.3. The minimum atomic E-state index is -0.467. The summed E-state index contributed by atoms with van der Waals surface area (Å²) in [4.78, 5) is 1.23. The van der Waals surface area contributed by atoms with E-state index in [0.29, 0.717) is 5.92 Å². The molecule has 4 rings (SSSR count). The molecule has 2 heterocycles. The Hall–Kier alpha value is -2.13. The Balaban J connectivity index is 1.78. The number of nitriles is 1. The highest BCUT2D eigenvalue weighted by Gasteiger charge is 2.23. The van der Waals surface area contributed by atoms with Gasteiger partial charge in [0.1, 0.15) is 11.9 Å². The van der Waals surface area contributed by atoms with Gasteiger partial charge in [-0.05, 0) is 73.0 Å². The Morgan fingerprint density at radius 1 is 1.25 bits per heavy atom. The fourth-order valence-electron chi connectivity index (χ4n) is 3.94. The molecule has 0 radical (unpaired) electrons. The molecule has 144 valence electrons. The van der Waals surface area contributed by atoms with Crippen LogP contribution < -0.4 is 0 Å². The van der Waals surface area contributed by atoms with Crippen molar-refractivity contribution in [2.75, 3.05) is 26.8 Å². The SMILES string of the molecule is CN1CC=C(c2c(CC3CCOCC3)cccc2-c2ccc(C#N)c(F)c2)S1. The van der Waals surface area contributed by atoms with Crippen molar-refractivity contribution in [2.45, 2.75) is 19.3 Å². The van der Waals surface area contributed by atoms with E-state index in [-0.39, 0.29) is 5.56 Å². The summed E-state index contributed by atoms with van der Waals surface area (Å²) in [5, 5.41) is 9.04. The van der Waals surface area contributed by atoms with Crippen LogP contribution in [0.15, 0.2) is 42.5 Å². The van der Waals surface area contributed by atoms with Crippen LogP contribution in [-0.2, 0) is 11.2 Å². The van der Waals surface area contributed by atoms with Gasteiger partial charge in [0.05, 0.1) is 5.56 Å². The molecule has 5 heteroatoms. The van der Waals surface area contributed by atoms with E-state index in [1.807, 2.05) is 12.1 Å². The number of likely N-dealkylation sites (N-methyl/N-ethyl adjacent to an activating group) is 1. The second kappa shape index (κ2) is 8.48. The lowest BCUT2D eigenvalue weighted by Gasteiger charge is -2.24. The second-order valence-corrected chi connectivity index (χ2v) is 8.62. The average molecular weight is 395 g/mol. The van der Waals surface area contributed by atoms with E-state index in [9.17, 15) is 4.39 Å². The molecule has 2 aromatic carbocycles. The maximum absolute atomic E-state index is 14.3. The first-order valence-corrected chi connectivity index (χ1v) is 10.4. The van der Waals surface area contributed by atoms with Gasteiger partial charge < -0.3 is 4.74 Å². The molecule has 0 atom stereocenters. The largest absolute Gasteiger partial charge is 0.381 e. The van der Waals surface area contributed by atoms with Crippen LogP contribution in [0.5, 0.6) is 0 Å². The predicted molar refractivity (Wildman–Crippen MR) is 112 cm³/mol. The van der Waals surface area contributed by atoms with E-state index in [0.717, 1.165) is 50.1 Å². The summed E-state index contributed by atoms with van der Waals surface area (Å²) < 4.78 is 22.0. The minimum absolute atomic E-state index is 0.0813. The third-order valence-corrected chi connectivity index (χ3v) is 6.46. The highest BCUT2D eigenvalue weighted by Crippen LogP contribution is 2.42. The lowest BCUT2D eigenvalue weighted by molar-refractivity contribution is 0.0665. The molecule has 0 amide bonds. The van der Waals surface area contributed by atoms with Crippen molar-refractivity contribution < 1.29 is 9.13 Å². The Bertz CT molecular complexity index is 944. The summed E-state index contributed by atoms with van der Waals surface area (Å²) in [6.07, 6.45) is 5.42. The molecule has 28 heavy (non-hydrogen) atoms. The zero-order valence-corrected chi connectivity index (χ0v) is 16.8. The summed E-state index contributed by atoms with van der Waals surface area (Å²) in [7, 11) is 2.08. The summed E-state index contributed by atoms with van der Waals surface area (Å²) in [6, 6.07) is 13.1. The van der Waals surface area contributed by atoms with Gasteiger partial charge in [-0.1, -0.05) is 30.3 Å². The monoisotopic (exact) mass is 394 g/mol. The first-order valence-electron chi connectivity index (χ1n) is 9.65. The first-order chi connectivity index (χ1) is 13.7. The number of hydrogen-bond acceptors (Lipinski definition) is 4. The summed E-state index contributed by atoms with van der Waals surface area (Å²) in [5.74, 6) is 0.149. The standard InChI is InChI=1S/C23H23FN2OS/c1-26-10-7-22(28-26)23-18(13-16-8-11-27-12-9-16)3-2-4-20(23)17-5-6-19(15-25)21(24)14-17/h2-7,14,16H,8-13H2,1H3. The van der Waals surface area contributed by atoms with E-state index in [4.69, 9.17) is 10.00 Å². The molecule has 0 aliphatic carbocycles. The molecule has 0 unspecified atom stereocenters. The van der Waals surface area contributed by atoms with Gasteiger partial charge in [0, 0.05) is 30.2 Å². The number of nitrogens with zero attached hydrogens (tertiary/aromatic N) is 2. The van der Waals surface area contributed by atoms with Crippen LogP contribution in [-0.4, -0.2) is 31.1 Å². The second-order valence-electron chi connectivity index (χ2n) is 7.38. The van der Waals surface area contributed by atoms with Gasteiger partial charge in [0.25, 0.3) is 0 Å². The zero-order chi connectivity index (χ0) is 19.5. The number of hydrogen-bond donors (Lipinski definition) is 0. The Labute approximate surface area is 169 Å². The third kappa shape index (κ3) is 4.00. The van der Waals surface area contributed by atoms with Crippen LogP contribution >= 0.6 is 11.9 Å². The molecule has 0 aromatic heterocycles. The molecule has 2 aliphatic heterocycles. The normalized spacial score (nSPS) is 18.1. The molecule has 1 fully saturated rings. The average Bonchev–Trinajstić information content (AvgIpc) is 3.14. The van der Waals surface area contributed by atoms with E-state index in [1.54, 1.807) is 18.0 Å². The summed E-state index contributed by atoms with van der Waals surface area (Å²) >= 11 is 1.74. The number of rotatable bonds is 4. The molecule has 2 aromatic rings. The summed E-state index contributed by atoms with van der Waals surface area (Å²) in [5.41, 5.74) is 4.44. The van der Waals surface area contributed by atoms with Crippen LogP contribution in [0.4, 0.5) is 4.39 Å². The van der Waals surface area contributed by atoms with Crippen LogP contribution in [0.1, 0.15) is 29.5 Å². The van der Waals surface area contributed by atoms with Gasteiger partial charge in [-0.3, -0.25) is 0 Å². The van der Waals surface area contributed by atoms with Crippen molar-refractivity contribution in [2.24, 2.45) is 5.92 Å². The first kappa shape index (κ1) is 19.2. The van der Waals surface area contributed by atoms with Crippen molar-refractivity contribution in [3.63, 3.8) is 0 Å². The highest BCUT2D eigenvalue weighted by atomic mass is 32.2. The summed E-state index contributed by atoms with van der Waals surface area (Å²) in [6.45, 7) is 2.56. The lowest BCUT2D eigenvalue weighted by Crippen LogP contribution is -2.18. The fraction of sp³-hybridized carbons (Fsp3) is 0.348. The lowest BCUT2D eigenvalue weighted by atomic mass is 9.86. The van der Waals surface area contributed by atoms with Crippen molar-refractivity contribution in [3.8, 4) is 17.2 Å². The third-order valence-electron chi connectivity index (χ3n) is 5.44. The molecule has 2 aliphatic rings. The fourth-order valence-corrected chi connectivity index (χ4v) is 4.90. The smallest absolute Gasteiger partial charge is 0.141 e. The molecule has 0 spiro atoms. The van der Waals surface area contributed by atoms with Gasteiger partial charge in [0.2, 0.25) is 0 Å². The number of benzene rings is 2. The van der Waals surface area contributed by atoms with Gasteiger partial charge in [0.15, 0.2) is 0 Å². The number of halogens is 1. The molecular formula is C23H23FN2OS. The van der Waals surface area contributed by atoms with E-state index < -0.39 is 5.82 Å². The van der Waals surface area contributed by atoms with Crippen molar-refractivity contribution in [1.29, 1.82) is 5.26 Å². The number of ether oxygens (including phenoxy) is 1. The Morgan fingerprint density at radius 3 is 2.75 bits per heavy atom. The van der Waals surface area contributed by atoms with Gasteiger partial charge >= 0.3 is 0 Å². The molecule has 0 saturated carbocycles. The van der Waals surface area contributed by atoms with E-state index in [1.165, 1.54) is 22.1 Å². The van der Waals surface area contributed by atoms with Crippen LogP contribution in [0.25, 0.3) is 16.0 Å². The molecule has 0 N–H and O–H groups in total. The van der Waals surface area contributed by atoms with Gasteiger partial charge in [-0.2, -0.15) is 5.26 Å². The van der Waals surface area contributed by atoms with Gasteiger partial charge in [-0.25, -0.2) is 8.70 Å². The highest BCUT2D eigenvalue weighted by molar-refractivity contribution is 8.06. The molecule has 3 nitrogen and oxygen atoms in total. The molecule has 1 saturated heterocycles. The van der Waals surface area contributed by atoms with Crippen LogP contribution in [0, 0.1) is 23.1 Å². The predicted octanol–water partition coefficient (Wildman–Crippen LogP) is 5.27. The Morgan fingerprint density at radius 2 is 2.07 bits per heavy atom. The van der Waals surface area contributed by atoms with Crippen LogP contribution in [0.2, 0.25) is 0 Å². The zero-order valence-electron chi connectivity index (χ0n) is 16.0. The van der Waals surface area contributed by atoms with Crippen LogP contribution in [0.3, 0.4) is 0 Å².